The van der Waals surface area contributed by atoms with Gasteiger partial charge in [-0.2, -0.15) is 0 Å². The quantitative estimate of drug-likeness (QED) is 0.785. The van der Waals surface area contributed by atoms with Crippen molar-refractivity contribution in [3.63, 3.8) is 0 Å². The molecule has 0 radical (unpaired) electrons. The van der Waals surface area contributed by atoms with E-state index in [0.717, 1.165) is 26.3 Å². The van der Waals surface area contributed by atoms with Crippen molar-refractivity contribution in [1.29, 1.82) is 0 Å². The van der Waals surface area contributed by atoms with Crippen molar-refractivity contribution in [2.45, 2.75) is 46.2 Å². The van der Waals surface area contributed by atoms with Crippen LogP contribution in [-0.4, -0.2) is 55.2 Å². The van der Waals surface area contributed by atoms with Crippen molar-refractivity contribution in [2.75, 3.05) is 32.8 Å². The smallest absolute Gasteiger partial charge is 0.237 e. The number of nitrogens with one attached hydrogen (secondary N) is 1. The Morgan fingerprint density at radius 1 is 1.26 bits per heavy atom. The molecule has 1 amide bonds. The summed E-state index contributed by atoms with van der Waals surface area (Å²) in [7, 11) is 0. The predicted octanol–water partition coefficient (Wildman–Crippen LogP) is 0.587. The van der Waals surface area contributed by atoms with Gasteiger partial charge in [-0.25, -0.2) is 0 Å². The molecule has 0 bridgehead atoms. The summed E-state index contributed by atoms with van der Waals surface area (Å²) in [4.78, 5) is 14.4. The zero-order chi connectivity index (χ0) is 14.7. The second-order valence-electron chi connectivity index (χ2n) is 6.97. The summed E-state index contributed by atoms with van der Waals surface area (Å²) in [5, 5.41) is 2.98. The Kier molecular flexibility index (Phi) is 5.35. The van der Waals surface area contributed by atoms with Crippen LogP contribution < -0.4 is 11.1 Å². The first-order valence-electron chi connectivity index (χ1n) is 7.01. The van der Waals surface area contributed by atoms with E-state index in [1.54, 1.807) is 0 Å². The van der Waals surface area contributed by atoms with Crippen LogP contribution in [0.25, 0.3) is 0 Å². The summed E-state index contributed by atoms with van der Waals surface area (Å²) in [6, 6.07) is -0.479. The molecule has 1 aliphatic rings. The number of carbonyl (C=O) groups excluding carboxylic acids is 1. The molecule has 19 heavy (non-hydrogen) atoms. The van der Waals surface area contributed by atoms with Crippen molar-refractivity contribution < 1.29 is 9.53 Å². The molecule has 3 N–H and O–H groups in total. The van der Waals surface area contributed by atoms with Gasteiger partial charge in [-0.15, -0.1) is 0 Å². The minimum atomic E-state index is -0.479. The largest absolute Gasteiger partial charge is 0.379 e. The Morgan fingerprint density at radius 3 is 2.26 bits per heavy atom. The summed E-state index contributed by atoms with van der Waals surface area (Å²) in [5.41, 5.74) is 5.67. The number of ether oxygens (including phenoxy) is 1. The maximum Gasteiger partial charge on any atom is 0.237 e. The van der Waals surface area contributed by atoms with Gasteiger partial charge in [-0.05, 0) is 19.3 Å². The van der Waals surface area contributed by atoms with E-state index in [1.807, 2.05) is 20.8 Å². The molecule has 0 aliphatic carbocycles. The van der Waals surface area contributed by atoms with Gasteiger partial charge < -0.3 is 15.8 Å². The third-order valence-electron chi connectivity index (χ3n) is 3.78. The Bertz CT molecular complexity index is 304. The fraction of sp³-hybridized carbons (Fsp3) is 0.929. The van der Waals surface area contributed by atoms with Gasteiger partial charge in [0.05, 0.1) is 19.3 Å². The summed E-state index contributed by atoms with van der Waals surface area (Å²) >= 11 is 0. The molecule has 1 atom stereocenters. The van der Waals surface area contributed by atoms with Crippen LogP contribution in [0.2, 0.25) is 0 Å². The van der Waals surface area contributed by atoms with Gasteiger partial charge >= 0.3 is 0 Å². The highest BCUT2D eigenvalue weighted by atomic mass is 16.5. The second-order valence-corrected chi connectivity index (χ2v) is 6.97. The lowest BCUT2D eigenvalue weighted by Crippen LogP contribution is -2.58. The fourth-order valence-corrected chi connectivity index (χ4v) is 2.09. The second kappa shape index (κ2) is 6.20. The first-order chi connectivity index (χ1) is 8.64. The van der Waals surface area contributed by atoms with Crippen LogP contribution in [0.15, 0.2) is 0 Å². The van der Waals surface area contributed by atoms with Crippen LogP contribution >= 0.6 is 0 Å². The first kappa shape index (κ1) is 16.4. The van der Waals surface area contributed by atoms with Gasteiger partial charge in [-0.3, -0.25) is 9.69 Å². The van der Waals surface area contributed by atoms with E-state index in [1.165, 1.54) is 0 Å². The molecule has 1 aliphatic heterocycles. The third kappa shape index (κ3) is 4.75. The molecular formula is C14H29N3O2. The highest BCUT2D eigenvalue weighted by Gasteiger charge is 2.31. The highest BCUT2D eigenvalue weighted by molar-refractivity contribution is 5.82. The van der Waals surface area contributed by atoms with E-state index in [2.05, 4.69) is 24.1 Å². The van der Waals surface area contributed by atoms with Crippen molar-refractivity contribution in [2.24, 2.45) is 11.1 Å². The number of rotatable bonds is 4. The number of hydrogen-bond donors (Lipinski definition) is 2. The van der Waals surface area contributed by atoms with Gasteiger partial charge in [0.25, 0.3) is 0 Å². The molecule has 0 unspecified atom stereocenters. The van der Waals surface area contributed by atoms with Crippen LogP contribution in [0.5, 0.6) is 0 Å². The first-order valence-corrected chi connectivity index (χ1v) is 7.01. The molecule has 0 aromatic rings. The molecule has 1 fully saturated rings. The minimum absolute atomic E-state index is 0.0724. The van der Waals surface area contributed by atoms with E-state index >= 15 is 0 Å². The van der Waals surface area contributed by atoms with Gasteiger partial charge in [0.2, 0.25) is 5.91 Å². The normalized spacial score (nSPS) is 20.1. The highest BCUT2D eigenvalue weighted by Crippen LogP contribution is 2.18. The van der Waals surface area contributed by atoms with Crippen molar-refractivity contribution in [1.82, 2.24) is 10.2 Å². The van der Waals surface area contributed by atoms with E-state index < -0.39 is 6.04 Å². The molecule has 0 aromatic carbocycles. The van der Waals surface area contributed by atoms with Crippen molar-refractivity contribution in [3.8, 4) is 0 Å². The zero-order valence-electron chi connectivity index (χ0n) is 13.0. The predicted molar refractivity (Wildman–Crippen MR) is 76.9 cm³/mol. The summed E-state index contributed by atoms with van der Waals surface area (Å²) in [6.07, 6.45) is 0. The van der Waals surface area contributed by atoms with Crippen molar-refractivity contribution in [3.05, 3.63) is 0 Å². The fourth-order valence-electron chi connectivity index (χ4n) is 2.09. The van der Waals surface area contributed by atoms with Crippen LogP contribution in [0.4, 0.5) is 0 Å². The molecule has 1 saturated heterocycles. The Morgan fingerprint density at radius 2 is 1.79 bits per heavy atom. The van der Waals surface area contributed by atoms with Crippen LogP contribution in [0, 0.1) is 5.41 Å². The van der Waals surface area contributed by atoms with Gasteiger partial charge in [0, 0.05) is 25.2 Å². The molecule has 1 heterocycles. The lowest BCUT2D eigenvalue weighted by atomic mass is 9.87. The number of carbonyl (C=O) groups is 1. The van der Waals surface area contributed by atoms with Crippen molar-refractivity contribution >= 4 is 5.91 Å². The number of morpholine rings is 1. The number of hydrogen-bond acceptors (Lipinski definition) is 4. The maximum absolute atomic E-state index is 12.0. The summed E-state index contributed by atoms with van der Waals surface area (Å²) in [5.74, 6) is -0.0752. The molecule has 112 valence electrons. The summed E-state index contributed by atoms with van der Waals surface area (Å²) in [6.45, 7) is 14.2. The molecule has 0 saturated carbocycles. The van der Waals surface area contributed by atoms with E-state index in [4.69, 9.17) is 10.5 Å². The van der Waals surface area contributed by atoms with E-state index in [9.17, 15) is 4.79 Å². The molecule has 1 rings (SSSR count). The van der Waals surface area contributed by atoms with Crippen LogP contribution in [0.1, 0.15) is 34.6 Å². The average Bonchev–Trinajstić information content (AvgIpc) is 2.35. The maximum atomic E-state index is 12.0. The molecular weight excluding hydrogens is 242 g/mol. The SMILES string of the molecule is CC(C)(C)[C@H](N)C(=O)NCC(C)(C)N1CCOCC1. The Labute approximate surface area is 116 Å². The number of amides is 1. The van der Waals surface area contributed by atoms with Gasteiger partial charge in [0.15, 0.2) is 0 Å². The Balaban J connectivity index is 2.48. The lowest BCUT2D eigenvalue weighted by Gasteiger charge is -2.41. The molecule has 5 heteroatoms. The average molecular weight is 271 g/mol. The Hall–Kier alpha value is -0.650. The molecule has 0 spiro atoms. The third-order valence-corrected chi connectivity index (χ3v) is 3.78. The van der Waals surface area contributed by atoms with E-state index in [0.29, 0.717) is 6.54 Å². The standard InChI is InChI=1S/C14H29N3O2/c1-13(2,3)11(15)12(18)16-10-14(4,5)17-6-8-19-9-7-17/h11H,6-10,15H2,1-5H3,(H,16,18)/t11-/m1/s1. The topological polar surface area (TPSA) is 67.6 Å². The summed E-state index contributed by atoms with van der Waals surface area (Å²) < 4.78 is 5.35. The number of nitrogens with zero attached hydrogens (tertiary/aromatic N) is 1. The monoisotopic (exact) mass is 271 g/mol. The van der Waals surface area contributed by atoms with Crippen LogP contribution in [0.3, 0.4) is 0 Å². The minimum Gasteiger partial charge on any atom is -0.379 e. The van der Waals surface area contributed by atoms with Gasteiger partial charge in [-0.1, -0.05) is 20.8 Å². The van der Waals surface area contributed by atoms with E-state index in [-0.39, 0.29) is 16.9 Å². The zero-order valence-corrected chi connectivity index (χ0v) is 13.0. The van der Waals surface area contributed by atoms with Crippen LogP contribution in [-0.2, 0) is 9.53 Å². The molecule has 0 aromatic heterocycles. The molecule has 5 nitrogen and oxygen atoms in total. The lowest BCUT2D eigenvalue weighted by molar-refractivity contribution is -0.125. The number of nitrogens with two attached hydrogens (primary N) is 1. The van der Waals surface area contributed by atoms with Gasteiger partial charge in [0.1, 0.15) is 0 Å².